The standard InChI is InChI=1S/C36H24N2/c1-3-11-25(12-4-1)26-19-21-28(22-20-26)38-32-17-9-7-15-29(32)30-23-24-34-35(36(30)38)31-16-8-10-18-33(31)37(34)27-13-5-2-6-14-27/h1-24H/i1D,2D,3D,4D,5D,6D,7D,8D,9D,10D,11D,12D,13D,14D,15D,16D,17D,18D,19D,20D,21D,22D,23D,24D. The van der Waals surface area contributed by atoms with Gasteiger partial charge in [0.15, 0.2) is 0 Å². The summed E-state index contributed by atoms with van der Waals surface area (Å²) in [5.41, 5.74) is -5.23. The Hall–Kier alpha value is -5.08. The fourth-order valence-electron chi connectivity index (χ4n) is 4.54. The zero-order valence-corrected chi connectivity index (χ0v) is 18.9. The molecule has 2 heterocycles. The lowest BCUT2D eigenvalue weighted by molar-refractivity contribution is 1.17. The predicted molar refractivity (Wildman–Crippen MR) is 161 cm³/mol. The summed E-state index contributed by atoms with van der Waals surface area (Å²) in [4.78, 5) is 0. The van der Waals surface area contributed by atoms with Crippen molar-refractivity contribution >= 4 is 43.6 Å². The lowest BCUT2D eigenvalue weighted by atomic mass is 10.1. The molecule has 0 spiro atoms. The van der Waals surface area contributed by atoms with Gasteiger partial charge in [0, 0.05) is 32.9 Å². The Morgan fingerprint density at radius 2 is 0.921 bits per heavy atom. The van der Waals surface area contributed by atoms with Gasteiger partial charge in [-0.3, -0.25) is 0 Å². The first kappa shape index (κ1) is 8.21. The highest BCUT2D eigenvalue weighted by Gasteiger charge is 2.20. The van der Waals surface area contributed by atoms with Gasteiger partial charge in [0.2, 0.25) is 0 Å². The van der Waals surface area contributed by atoms with E-state index < -0.39 is 211 Å². The summed E-state index contributed by atoms with van der Waals surface area (Å²) in [5.74, 6) is 0. The van der Waals surface area contributed by atoms with Crippen LogP contribution in [0.2, 0.25) is 0 Å². The van der Waals surface area contributed by atoms with Crippen molar-refractivity contribution in [1.29, 1.82) is 0 Å². The lowest BCUT2D eigenvalue weighted by Crippen LogP contribution is -1.95. The van der Waals surface area contributed by atoms with Crippen LogP contribution in [0.15, 0.2) is 145 Å². The molecule has 0 aliphatic rings. The van der Waals surface area contributed by atoms with Gasteiger partial charge in [0.1, 0.15) is 0 Å². The molecule has 8 aromatic rings. The Kier molecular flexibility index (Phi) is 1.78. The molecule has 2 heteroatoms. The topological polar surface area (TPSA) is 9.86 Å². The molecule has 0 saturated heterocycles. The van der Waals surface area contributed by atoms with Crippen molar-refractivity contribution in [2.45, 2.75) is 0 Å². The maximum Gasteiger partial charge on any atom is 0.0645 e. The van der Waals surface area contributed by atoms with E-state index in [4.69, 9.17) is 26.0 Å². The van der Waals surface area contributed by atoms with Gasteiger partial charge in [-0.15, -0.1) is 0 Å². The van der Waals surface area contributed by atoms with Crippen molar-refractivity contribution in [3.05, 3.63) is 145 Å². The lowest BCUT2D eigenvalue weighted by Gasteiger charge is -2.11. The molecular weight excluding hydrogens is 460 g/mol. The van der Waals surface area contributed by atoms with Gasteiger partial charge in [0.05, 0.1) is 55.0 Å². The van der Waals surface area contributed by atoms with E-state index in [9.17, 15) is 6.85 Å². The third-order valence-electron chi connectivity index (χ3n) is 6.04. The Bertz CT molecular complexity index is 3370. The molecule has 0 saturated carbocycles. The highest BCUT2D eigenvalue weighted by atomic mass is 15.0. The summed E-state index contributed by atoms with van der Waals surface area (Å²) >= 11 is 0. The molecule has 38 heavy (non-hydrogen) atoms. The molecule has 0 radical (unpaired) electrons. The number of hydrogen-bond donors (Lipinski definition) is 0. The molecule has 2 nitrogen and oxygen atoms in total. The van der Waals surface area contributed by atoms with E-state index in [2.05, 4.69) is 0 Å². The monoisotopic (exact) mass is 508 g/mol. The first-order chi connectivity index (χ1) is 28.9. The molecule has 0 N–H and O–H groups in total. The third kappa shape index (κ3) is 3.01. The smallest absolute Gasteiger partial charge is 0.0645 e. The normalized spacial score (nSPS) is 20.5. The van der Waals surface area contributed by atoms with Crippen LogP contribution in [-0.2, 0) is 0 Å². The van der Waals surface area contributed by atoms with Crippen LogP contribution in [0, 0.1) is 0 Å². The average molecular weight is 509 g/mol. The van der Waals surface area contributed by atoms with Crippen LogP contribution in [0.25, 0.3) is 66.1 Å². The summed E-state index contributed by atoms with van der Waals surface area (Å²) in [6.45, 7) is 0. The molecular formula is C36H24N2. The Balaban J connectivity index is 1.76. The summed E-state index contributed by atoms with van der Waals surface area (Å²) < 4.78 is 212. The molecule has 0 aliphatic carbocycles. The zero-order valence-electron chi connectivity index (χ0n) is 42.9. The molecule has 0 atom stereocenters. The van der Waals surface area contributed by atoms with Crippen molar-refractivity contribution in [3.8, 4) is 22.5 Å². The Labute approximate surface area is 254 Å². The van der Waals surface area contributed by atoms with Gasteiger partial charge >= 0.3 is 0 Å². The molecule has 6 aromatic carbocycles. The molecule has 178 valence electrons. The van der Waals surface area contributed by atoms with Crippen molar-refractivity contribution in [3.63, 3.8) is 0 Å². The van der Waals surface area contributed by atoms with E-state index in [1.54, 1.807) is 0 Å². The zero-order chi connectivity index (χ0) is 45.9. The Morgan fingerprint density at radius 3 is 1.66 bits per heavy atom. The van der Waals surface area contributed by atoms with E-state index >= 15 is 0 Å². The fraction of sp³-hybridized carbons (Fsp3) is 0. The third-order valence-corrected chi connectivity index (χ3v) is 6.04. The number of benzene rings is 6. The van der Waals surface area contributed by atoms with E-state index in [0.29, 0.717) is 0 Å². The number of aromatic nitrogens is 2. The van der Waals surface area contributed by atoms with Crippen LogP contribution in [0.4, 0.5) is 0 Å². The number of hydrogen-bond acceptors (Lipinski definition) is 0. The summed E-state index contributed by atoms with van der Waals surface area (Å²) in [6.07, 6.45) is 0. The van der Waals surface area contributed by atoms with E-state index in [1.165, 1.54) is 0 Å². The predicted octanol–water partition coefficient (Wildman–Crippen LogP) is 9.55. The van der Waals surface area contributed by atoms with Gasteiger partial charge in [-0.05, 0) is 53.4 Å². The minimum atomic E-state index is -1.01. The van der Waals surface area contributed by atoms with Gasteiger partial charge in [-0.2, -0.15) is 0 Å². The molecule has 0 unspecified atom stereocenters. The van der Waals surface area contributed by atoms with Gasteiger partial charge in [-0.25, -0.2) is 0 Å². The average Bonchev–Trinajstić information content (AvgIpc) is 3.77. The quantitative estimate of drug-likeness (QED) is 0.225. The van der Waals surface area contributed by atoms with Crippen molar-refractivity contribution in [2.75, 3.05) is 0 Å². The number of fused-ring (bicyclic) bond motifs is 7. The first-order valence-corrected chi connectivity index (χ1v) is 11.1. The van der Waals surface area contributed by atoms with E-state index in [-0.39, 0.29) is 0 Å². The maximum atomic E-state index is 9.42. The SMILES string of the molecule is [2H]c1c([2H])c([2H])c(-c2c([2H])c([2H])c(-n3c4c([2H])c([2H])c([2H])c([2H])c4c4c([2H])c([2H])c5c(c6c([2H])c([2H])c([2H])c([2H])c6n5-c5c([2H])c([2H])c([2H])c([2H])c5[2H])c43)c([2H])c2[2H])c([2H])c1[2H]. The highest BCUT2D eigenvalue weighted by molar-refractivity contribution is 6.26. The summed E-state index contributed by atoms with van der Waals surface area (Å²) in [6, 6.07) is -21.1. The maximum absolute atomic E-state index is 9.42. The number of nitrogens with zero attached hydrogens (tertiary/aromatic N) is 2. The van der Waals surface area contributed by atoms with Crippen LogP contribution < -0.4 is 0 Å². The van der Waals surface area contributed by atoms with Crippen LogP contribution >= 0.6 is 0 Å². The molecule has 0 aliphatic heterocycles. The second-order valence-electron chi connectivity index (χ2n) is 8.01. The molecule has 2 aromatic heterocycles. The second-order valence-corrected chi connectivity index (χ2v) is 8.01. The largest absolute Gasteiger partial charge is 0.309 e. The molecule has 8 rings (SSSR count). The minimum absolute atomic E-state index is 0.477. The molecule has 0 amide bonds. The van der Waals surface area contributed by atoms with Crippen LogP contribution in [0.5, 0.6) is 0 Å². The Morgan fingerprint density at radius 1 is 0.368 bits per heavy atom. The van der Waals surface area contributed by atoms with Crippen molar-refractivity contribution in [2.24, 2.45) is 0 Å². The minimum Gasteiger partial charge on any atom is -0.309 e. The van der Waals surface area contributed by atoms with Gasteiger partial charge < -0.3 is 9.13 Å². The van der Waals surface area contributed by atoms with Crippen LogP contribution in [0.1, 0.15) is 32.9 Å². The number of para-hydroxylation sites is 3. The van der Waals surface area contributed by atoms with Gasteiger partial charge in [-0.1, -0.05) is 103 Å². The first-order valence-electron chi connectivity index (χ1n) is 23.1. The van der Waals surface area contributed by atoms with Crippen molar-refractivity contribution in [1.82, 2.24) is 9.13 Å². The molecule has 0 bridgehead atoms. The molecule has 0 fully saturated rings. The van der Waals surface area contributed by atoms with Gasteiger partial charge in [0.25, 0.3) is 0 Å². The fourth-order valence-corrected chi connectivity index (χ4v) is 4.54. The highest BCUT2D eigenvalue weighted by Crippen LogP contribution is 2.41. The van der Waals surface area contributed by atoms with Crippen molar-refractivity contribution < 1.29 is 32.9 Å². The van der Waals surface area contributed by atoms with E-state index in [0.717, 1.165) is 9.13 Å². The number of rotatable bonds is 3. The van der Waals surface area contributed by atoms with Crippen LogP contribution in [0.3, 0.4) is 0 Å². The van der Waals surface area contributed by atoms with E-state index in [1.807, 2.05) is 0 Å². The summed E-state index contributed by atoms with van der Waals surface area (Å²) in [5, 5.41) is -1.98. The second kappa shape index (κ2) is 8.22. The summed E-state index contributed by atoms with van der Waals surface area (Å²) in [7, 11) is 0. The van der Waals surface area contributed by atoms with Crippen LogP contribution in [-0.4, -0.2) is 9.13 Å².